The number of anilines is 4. The quantitative estimate of drug-likeness (QED) is 0.300. The molecule has 0 saturated carbocycles. The van der Waals surface area contributed by atoms with E-state index < -0.39 is 0 Å². The zero-order valence-corrected chi connectivity index (χ0v) is 18.2. The predicted octanol–water partition coefficient (Wildman–Crippen LogP) is 7.20. The maximum Gasteiger partial charge on any atom is 0.188 e. The number of aromatic nitrogens is 3. The van der Waals surface area contributed by atoms with Gasteiger partial charge in [-0.05, 0) is 43.3 Å². The van der Waals surface area contributed by atoms with Crippen molar-refractivity contribution in [3.63, 3.8) is 0 Å². The number of fused-ring (bicyclic) bond motifs is 1. The molecule has 7 heteroatoms. The first-order valence-corrected chi connectivity index (χ1v) is 10.9. The van der Waals surface area contributed by atoms with E-state index in [9.17, 15) is 0 Å². The Morgan fingerprint density at radius 2 is 1.58 bits per heavy atom. The van der Waals surface area contributed by atoms with Gasteiger partial charge < -0.3 is 10.6 Å². The first kappa shape index (κ1) is 19.5. The molecule has 152 valence electrons. The molecule has 0 amide bonds. The number of hydrogen-bond acceptors (Lipinski definition) is 6. The molecule has 2 aromatic heterocycles. The number of thiazole rings is 1. The Morgan fingerprint density at radius 3 is 2.42 bits per heavy atom. The molecule has 0 atom stereocenters. The molecule has 5 nitrogen and oxygen atoms in total. The molecule has 0 fully saturated rings. The van der Waals surface area contributed by atoms with E-state index in [1.54, 1.807) is 11.3 Å². The van der Waals surface area contributed by atoms with E-state index in [1.165, 1.54) is 0 Å². The number of rotatable bonds is 5. The molecule has 2 heterocycles. The highest BCUT2D eigenvalue weighted by Crippen LogP contribution is 2.31. The third-order valence-electron chi connectivity index (χ3n) is 4.64. The molecule has 0 spiro atoms. The standard InChI is InChI=1S/C24H18ClN5S/c1-15-26-21(16-6-3-2-4-7-16)14-23(27-15)28-18-8-5-9-19(13-18)29-24-30-20-11-10-17(25)12-22(20)31-24/h2-14H,1H3,(H,29,30)(H,26,27,28). The highest BCUT2D eigenvalue weighted by Gasteiger charge is 2.07. The zero-order valence-electron chi connectivity index (χ0n) is 16.6. The summed E-state index contributed by atoms with van der Waals surface area (Å²) >= 11 is 7.66. The summed E-state index contributed by atoms with van der Waals surface area (Å²) < 4.78 is 1.05. The molecule has 3 aromatic carbocycles. The van der Waals surface area contributed by atoms with Gasteiger partial charge in [0.15, 0.2) is 5.13 Å². The molecule has 5 aromatic rings. The normalized spacial score (nSPS) is 10.9. The third kappa shape index (κ3) is 4.50. The number of aryl methyl sites for hydroxylation is 1. The fourth-order valence-electron chi connectivity index (χ4n) is 3.29. The van der Waals surface area contributed by atoms with Crippen LogP contribution in [0.15, 0.2) is 78.9 Å². The lowest BCUT2D eigenvalue weighted by atomic mass is 10.1. The summed E-state index contributed by atoms with van der Waals surface area (Å²) in [5.74, 6) is 1.46. The molecule has 0 aliphatic carbocycles. The van der Waals surface area contributed by atoms with Gasteiger partial charge in [0, 0.05) is 28.0 Å². The molecule has 31 heavy (non-hydrogen) atoms. The van der Waals surface area contributed by atoms with E-state index in [0.717, 1.165) is 43.8 Å². The highest BCUT2D eigenvalue weighted by molar-refractivity contribution is 7.22. The molecular weight excluding hydrogens is 426 g/mol. The Balaban J connectivity index is 1.38. The van der Waals surface area contributed by atoms with Crippen LogP contribution in [0, 0.1) is 6.92 Å². The number of hydrogen-bond donors (Lipinski definition) is 2. The van der Waals surface area contributed by atoms with Crippen molar-refractivity contribution in [2.24, 2.45) is 0 Å². The molecule has 0 bridgehead atoms. The summed E-state index contributed by atoms with van der Waals surface area (Å²) in [6.07, 6.45) is 0. The molecular formula is C24H18ClN5S. The van der Waals surface area contributed by atoms with Gasteiger partial charge in [0.2, 0.25) is 0 Å². The molecule has 2 N–H and O–H groups in total. The van der Waals surface area contributed by atoms with E-state index in [2.05, 4.69) is 25.6 Å². The van der Waals surface area contributed by atoms with Crippen LogP contribution in [0.3, 0.4) is 0 Å². The minimum Gasteiger partial charge on any atom is -0.340 e. The second kappa shape index (κ2) is 8.34. The second-order valence-corrected chi connectivity index (χ2v) is 8.48. The third-order valence-corrected chi connectivity index (χ3v) is 5.81. The summed E-state index contributed by atoms with van der Waals surface area (Å²) in [4.78, 5) is 13.7. The Bertz CT molecular complexity index is 1370. The van der Waals surface area contributed by atoms with Gasteiger partial charge >= 0.3 is 0 Å². The summed E-state index contributed by atoms with van der Waals surface area (Å²) in [6.45, 7) is 1.90. The van der Waals surface area contributed by atoms with Gasteiger partial charge in [-0.1, -0.05) is 59.3 Å². The van der Waals surface area contributed by atoms with Crippen LogP contribution in [0.2, 0.25) is 5.02 Å². The highest BCUT2D eigenvalue weighted by atomic mass is 35.5. The van der Waals surface area contributed by atoms with Crippen LogP contribution in [0.5, 0.6) is 0 Å². The summed E-state index contributed by atoms with van der Waals surface area (Å²) in [6, 6.07) is 25.8. The molecule has 0 radical (unpaired) electrons. The lowest BCUT2D eigenvalue weighted by Gasteiger charge is -2.10. The summed E-state index contributed by atoms with van der Waals surface area (Å²) in [7, 11) is 0. The van der Waals surface area contributed by atoms with Crippen molar-refractivity contribution in [1.82, 2.24) is 15.0 Å². The van der Waals surface area contributed by atoms with Crippen molar-refractivity contribution in [2.75, 3.05) is 10.6 Å². The Hall–Kier alpha value is -3.48. The van der Waals surface area contributed by atoms with Crippen molar-refractivity contribution in [1.29, 1.82) is 0 Å². The Labute approximate surface area is 188 Å². The average Bonchev–Trinajstić information content (AvgIpc) is 3.15. The van der Waals surface area contributed by atoms with E-state index in [0.29, 0.717) is 10.8 Å². The van der Waals surface area contributed by atoms with Gasteiger partial charge in [-0.3, -0.25) is 0 Å². The SMILES string of the molecule is Cc1nc(Nc2cccc(Nc3nc4ccc(Cl)cc4s3)c2)cc(-c2ccccc2)n1. The second-order valence-electron chi connectivity index (χ2n) is 7.01. The van der Waals surface area contributed by atoms with Crippen LogP contribution in [0.4, 0.5) is 22.3 Å². The van der Waals surface area contributed by atoms with Gasteiger partial charge in [-0.2, -0.15) is 0 Å². The van der Waals surface area contributed by atoms with Crippen molar-refractivity contribution in [3.05, 3.63) is 89.7 Å². The Morgan fingerprint density at radius 1 is 0.774 bits per heavy atom. The van der Waals surface area contributed by atoms with E-state index in [-0.39, 0.29) is 0 Å². The lowest BCUT2D eigenvalue weighted by molar-refractivity contribution is 1.06. The first-order valence-electron chi connectivity index (χ1n) is 9.74. The van der Waals surface area contributed by atoms with Gasteiger partial charge in [0.25, 0.3) is 0 Å². The van der Waals surface area contributed by atoms with Crippen LogP contribution < -0.4 is 10.6 Å². The molecule has 5 rings (SSSR count). The number of nitrogens with zero attached hydrogens (tertiary/aromatic N) is 3. The van der Waals surface area contributed by atoms with Gasteiger partial charge in [0.05, 0.1) is 15.9 Å². The van der Waals surface area contributed by atoms with Crippen LogP contribution in [0.1, 0.15) is 5.82 Å². The summed E-state index contributed by atoms with van der Waals surface area (Å²) in [5.41, 5.74) is 4.73. The van der Waals surface area contributed by atoms with Gasteiger partial charge in [-0.15, -0.1) is 0 Å². The van der Waals surface area contributed by atoms with E-state index in [4.69, 9.17) is 11.6 Å². The van der Waals surface area contributed by atoms with Crippen molar-refractivity contribution >= 4 is 55.5 Å². The topological polar surface area (TPSA) is 62.7 Å². The fraction of sp³-hybridized carbons (Fsp3) is 0.0417. The van der Waals surface area contributed by atoms with E-state index >= 15 is 0 Å². The maximum absolute atomic E-state index is 6.09. The monoisotopic (exact) mass is 443 g/mol. The van der Waals surface area contributed by atoms with Gasteiger partial charge in [0.1, 0.15) is 11.6 Å². The Kier molecular flexibility index (Phi) is 5.24. The number of halogens is 1. The smallest absolute Gasteiger partial charge is 0.188 e. The molecule has 0 aliphatic rings. The first-order chi connectivity index (χ1) is 15.1. The predicted molar refractivity (Wildman–Crippen MR) is 130 cm³/mol. The number of nitrogens with one attached hydrogen (secondary N) is 2. The summed E-state index contributed by atoms with van der Waals surface area (Å²) in [5, 5.41) is 8.30. The van der Waals surface area contributed by atoms with Gasteiger partial charge in [-0.25, -0.2) is 15.0 Å². The number of benzene rings is 3. The largest absolute Gasteiger partial charge is 0.340 e. The van der Waals surface area contributed by atoms with Crippen LogP contribution >= 0.6 is 22.9 Å². The fourth-order valence-corrected chi connectivity index (χ4v) is 4.45. The maximum atomic E-state index is 6.09. The van der Waals surface area contributed by atoms with Crippen molar-refractivity contribution in [2.45, 2.75) is 6.92 Å². The average molecular weight is 444 g/mol. The van der Waals surface area contributed by atoms with Crippen LogP contribution in [-0.4, -0.2) is 15.0 Å². The van der Waals surface area contributed by atoms with E-state index in [1.807, 2.05) is 85.8 Å². The van der Waals surface area contributed by atoms with Crippen LogP contribution in [-0.2, 0) is 0 Å². The minimum absolute atomic E-state index is 0.712. The minimum atomic E-state index is 0.712. The zero-order chi connectivity index (χ0) is 21.2. The molecule has 0 saturated heterocycles. The van der Waals surface area contributed by atoms with Crippen molar-refractivity contribution in [3.8, 4) is 11.3 Å². The van der Waals surface area contributed by atoms with Crippen molar-refractivity contribution < 1.29 is 0 Å². The molecule has 0 aliphatic heterocycles. The van der Waals surface area contributed by atoms with Crippen LogP contribution in [0.25, 0.3) is 21.5 Å². The lowest BCUT2D eigenvalue weighted by Crippen LogP contribution is -1.99. The molecule has 0 unspecified atom stereocenters.